The van der Waals surface area contributed by atoms with Gasteiger partial charge in [0.25, 0.3) is 0 Å². The number of carbonyl (C=O) groups is 1. The fraction of sp³-hybridized carbons (Fsp3) is 0.261. The number of hydrogen-bond donors (Lipinski definition) is 0. The van der Waals surface area contributed by atoms with E-state index in [4.69, 9.17) is 20.9 Å². The van der Waals surface area contributed by atoms with Crippen molar-refractivity contribution in [2.75, 3.05) is 0 Å². The van der Waals surface area contributed by atoms with Crippen molar-refractivity contribution in [3.8, 4) is 0 Å². The van der Waals surface area contributed by atoms with Crippen molar-refractivity contribution in [2.24, 2.45) is 5.92 Å². The van der Waals surface area contributed by atoms with E-state index in [-0.39, 0.29) is 11.9 Å². The molecule has 0 atom stereocenters. The highest BCUT2D eigenvalue weighted by molar-refractivity contribution is 6.30. The van der Waals surface area contributed by atoms with Gasteiger partial charge in [0.15, 0.2) is 5.82 Å². The van der Waals surface area contributed by atoms with Gasteiger partial charge in [-0.2, -0.15) is 4.98 Å². The van der Waals surface area contributed by atoms with E-state index in [2.05, 4.69) is 10.1 Å². The number of esters is 1. The number of aromatic nitrogens is 2. The van der Waals surface area contributed by atoms with Gasteiger partial charge in [-0.1, -0.05) is 73.1 Å². The van der Waals surface area contributed by atoms with Gasteiger partial charge in [0.05, 0.1) is 12.7 Å². The predicted octanol–water partition coefficient (Wildman–Crippen LogP) is 5.49. The molecule has 150 valence electrons. The zero-order valence-electron chi connectivity index (χ0n) is 16.5. The second-order valence-electron chi connectivity index (χ2n) is 7.18. The molecule has 1 heterocycles. The topological polar surface area (TPSA) is 65.2 Å². The molecule has 2 aromatic carbocycles. The molecule has 0 fully saturated rings. The summed E-state index contributed by atoms with van der Waals surface area (Å²) in [5.41, 5.74) is 2.74. The molecule has 0 unspecified atom stereocenters. The summed E-state index contributed by atoms with van der Waals surface area (Å²) in [6, 6.07) is 17.3. The van der Waals surface area contributed by atoms with Crippen LogP contribution in [-0.2, 0) is 22.4 Å². The lowest BCUT2D eigenvalue weighted by Crippen LogP contribution is -2.05. The Morgan fingerprint density at radius 3 is 2.55 bits per heavy atom. The summed E-state index contributed by atoms with van der Waals surface area (Å²) < 4.78 is 10.8. The summed E-state index contributed by atoms with van der Waals surface area (Å²) in [7, 11) is 0. The van der Waals surface area contributed by atoms with Crippen molar-refractivity contribution >= 4 is 23.1 Å². The first kappa shape index (κ1) is 20.8. The number of nitrogens with zero attached hydrogens (tertiary/aromatic N) is 2. The van der Waals surface area contributed by atoms with Gasteiger partial charge in [-0.3, -0.25) is 4.79 Å². The standard InChI is InChI=1S/C23H23ClN2O3/c1-16(2)12-23(27)28-15-19(18-8-10-20(24)11-9-18)14-22-25-21(26-29-22)13-17-6-4-3-5-7-17/h3-11,15-16H,12-14H2,1-2H3. The number of carbonyl (C=O) groups excluding carboxylic acids is 1. The van der Waals surface area contributed by atoms with Gasteiger partial charge in [0, 0.05) is 23.4 Å². The summed E-state index contributed by atoms with van der Waals surface area (Å²) in [5, 5.41) is 4.70. The first-order valence-corrected chi connectivity index (χ1v) is 9.87. The first-order chi connectivity index (χ1) is 14.0. The SMILES string of the molecule is CC(C)CC(=O)OC=C(Cc1nc(Cc2ccccc2)no1)c1ccc(Cl)cc1. The third kappa shape index (κ3) is 6.57. The van der Waals surface area contributed by atoms with Crippen LogP contribution in [0.15, 0.2) is 65.4 Å². The minimum absolute atomic E-state index is 0.228. The van der Waals surface area contributed by atoms with Crippen LogP contribution in [0, 0.1) is 5.92 Å². The van der Waals surface area contributed by atoms with Crippen LogP contribution in [0.25, 0.3) is 5.57 Å². The van der Waals surface area contributed by atoms with Gasteiger partial charge >= 0.3 is 5.97 Å². The number of allylic oxidation sites excluding steroid dienone is 1. The van der Waals surface area contributed by atoms with Crippen molar-refractivity contribution in [3.63, 3.8) is 0 Å². The van der Waals surface area contributed by atoms with Gasteiger partial charge in [0.2, 0.25) is 5.89 Å². The lowest BCUT2D eigenvalue weighted by Gasteiger charge is -2.07. The molecule has 3 rings (SSSR count). The lowest BCUT2D eigenvalue weighted by molar-refractivity contribution is -0.138. The summed E-state index contributed by atoms with van der Waals surface area (Å²) in [6.07, 6.45) is 2.76. The molecule has 0 bridgehead atoms. The number of ether oxygens (including phenoxy) is 1. The molecule has 0 amide bonds. The summed E-state index contributed by atoms with van der Waals surface area (Å²) in [5.74, 6) is 1.02. The van der Waals surface area contributed by atoms with Gasteiger partial charge in [-0.25, -0.2) is 0 Å². The van der Waals surface area contributed by atoms with Crippen LogP contribution in [0.5, 0.6) is 0 Å². The second-order valence-corrected chi connectivity index (χ2v) is 7.62. The molecule has 3 aromatic rings. The normalized spacial score (nSPS) is 11.7. The van der Waals surface area contributed by atoms with Crippen LogP contribution in [0.2, 0.25) is 5.02 Å². The molecule has 0 aliphatic rings. The van der Waals surface area contributed by atoms with Crippen LogP contribution in [0.4, 0.5) is 0 Å². The third-order valence-electron chi connectivity index (χ3n) is 4.18. The monoisotopic (exact) mass is 410 g/mol. The number of hydrogen-bond acceptors (Lipinski definition) is 5. The Bertz CT molecular complexity index is 963. The van der Waals surface area contributed by atoms with Gasteiger partial charge < -0.3 is 9.26 Å². The van der Waals surface area contributed by atoms with Crippen molar-refractivity contribution in [3.05, 3.63) is 88.7 Å². The number of benzene rings is 2. The highest BCUT2D eigenvalue weighted by atomic mass is 35.5. The maximum Gasteiger partial charge on any atom is 0.310 e. The van der Waals surface area contributed by atoms with E-state index in [1.165, 1.54) is 6.26 Å². The molecule has 0 radical (unpaired) electrons. The lowest BCUT2D eigenvalue weighted by atomic mass is 10.0. The molecule has 0 saturated heterocycles. The smallest absolute Gasteiger partial charge is 0.310 e. The predicted molar refractivity (Wildman–Crippen MR) is 112 cm³/mol. The maximum absolute atomic E-state index is 12.0. The number of halogens is 1. The molecule has 0 N–H and O–H groups in total. The Morgan fingerprint density at radius 2 is 1.86 bits per heavy atom. The van der Waals surface area contributed by atoms with Gasteiger partial charge in [-0.15, -0.1) is 0 Å². The summed E-state index contributed by atoms with van der Waals surface area (Å²) in [6.45, 7) is 3.94. The molecule has 5 nitrogen and oxygen atoms in total. The average molecular weight is 411 g/mol. The van der Waals surface area contributed by atoms with E-state index >= 15 is 0 Å². The van der Waals surface area contributed by atoms with Crippen LogP contribution < -0.4 is 0 Å². The molecule has 0 spiro atoms. The van der Waals surface area contributed by atoms with Gasteiger partial charge in [-0.05, 0) is 29.2 Å². The molecule has 29 heavy (non-hydrogen) atoms. The summed E-state index contributed by atoms with van der Waals surface area (Å²) in [4.78, 5) is 16.4. The van der Waals surface area contributed by atoms with E-state index in [9.17, 15) is 4.79 Å². The van der Waals surface area contributed by atoms with E-state index in [1.807, 2.05) is 56.3 Å². The van der Waals surface area contributed by atoms with E-state index < -0.39 is 0 Å². The Balaban J connectivity index is 1.76. The van der Waals surface area contributed by atoms with E-state index in [0.717, 1.165) is 16.7 Å². The van der Waals surface area contributed by atoms with Crippen LogP contribution in [-0.4, -0.2) is 16.1 Å². The van der Waals surface area contributed by atoms with Crippen LogP contribution >= 0.6 is 11.6 Å². The molecule has 0 saturated carbocycles. The largest absolute Gasteiger partial charge is 0.434 e. The molecular weight excluding hydrogens is 388 g/mol. The highest BCUT2D eigenvalue weighted by Crippen LogP contribution is 2.22. The van der Waals surface area contributed by atoms with Crippen molar-refractivity contribution in [1.82, 2.24) is 10.1 Å². The fourth-order valence-corrected chi connectivity index (χ4v) is 2.90. The Hall–Kier alpha value is -2.92. The minimum atomic E-state index is -0.276. The van der Waals surface area contributed by atoms with E-state index in [1.54, 1.807) is 12.1 Å². The summed E-state index contributed by atoms with van der Waals surface area (Å²) >= 11 is 6.00. The average Bonchev–Trinajstić information content (AvgIpc) is 3.13. The third-order valence-corrected chi connectivity index (χ3v) is 4.43. The highest BCUT2D eigenvalue weighted by Gasteiger charge is 2.13. The Morgan fingerprint density at radius 1 is 1.14 bits per heavy atom. The van der Waals surface area contributed by atoms with Crippen molar-refractivity contribution < 1.29 is 14.1 Å². The number of rotatable bonds is 8. The molecular formula is C23H23ClN2O3. The van der Waals surface area contributed by atoms with Gasteiger partial charge in [0.1, 0.15) is 0 Å². The molecule has 1 aromatic heterocycles. The fourth-order valence-electron chi connectivity index (χ4n) is 2.77. The first-order valence-electron chi connectivity index (χ1n) is 9.49. The Kier molecular flexibility index (Phi) is 7.19. The maximum atomic E-state index is 12.0. The van der Waals surface area contributed by atoms with Crippen molar-refractivity contribution in [2.45, 2.75) is 33.1 Å². The van der Waals surface area contributed by atoms with Crippen molar-refractivity contribution in [1.29, 1.82) is 0 Å². The molecule has 6 heteroatoms. The van der Waals surface area contributed by atoms with Crippen LogP contribution in [0.3, 0.4) is 0 Å². The second kappa shape index (κ2) is 10.0. The zero-order chi connectivity index (χ0) is 20.6. The molecule has 0 aliphatic carbocycles. The van der Waals surface area contributed by atoms with Crippen LogP contribution in [0.1, 0.15) is 43.1 Å². The van der Waals surface area contributed by atoms with E-state index in [0.29, 0.717) is 36.0 Å². The molecule has 0 aliphatic heterocycles. The quantitative estimate of drug-likeness (QED) is 0.363. The minimum Gasteiger partial charge on any atom is -0.434 e. The Labute approximate surface area is 175 Å². The zero-order valence-corrected chi connectivity index (χ0v) is 17.2.